The Labute approximate surface area is 188 Å². The molecule has 31 heavy (non-hydrogen) atoms. The number of benzene rings is 1. The Kier molecular flexibility index (Phi) is 6.08. The van der Waals surface area contributed by atoms with Crippen LogP contribution in [0.25, 0.3) is 0 Å². The Morgan fingerprint density at radius 1 is 1.06 bits per heavy atom. The molecule has 1 aromatic carbocycles. The maximum absolute atomic E-state index is 13.4. The van der Waals surface area contributed by atoms with Gasteiger partial charge in [0.2, 0.25) is 5.91 Å². The second-order valence-corrected chi connectivity index (χ2v) is 10.3. The van der Waals surface area contributed by atoms with Crippen LogP contribution in [0.2, 0.25) is 0 Å². The highest BCUT2D eigenvalue weighted by atomic mass is 32.1. The Hall–Kier alpha value is -2.21. The largest absolute Gasteiger partial charge is 0.354 e. The topological polar surface area (TPSA) is 62.3 Å². The van der Waals surface area contributed by atoms with E-state index in [1.54, 1.807) is 0 Å². The van der Waals surface area contributed by atoms with E-state index in [2.05, 4.69) is 5.32 Å². The minimum atomic E-state index is -0.356. The molecule has 0 radical (unpaired) electrons. The van der Waals surface area contributed by atoms with Gasteiger partial charge in [-0.1, -0.05) is 31.0 Å². The van der Waals surface area contributed by atoms with Crippen molar-refractivity contribution < 1.29 is 9.59 Å². The summed E-state index contributed by atoms with van der Waals surface area (Å²) in [5.41, 5.74) is 1.96. The van der Waals surface area contributed by atoms with Gasteiger partial charge in [-0.3, -0.25) is 9.59 Å². The molecular weight excluding hydrogens is 406 g/mol. The predicted octanol–water partition coefficient (Wildman–Crippen LogP) is 4.15. The molecule has 5 nitrogen and oxygen atoms in total. The maximum Gasteiger partial charge on any atom is 0.254 e. The van der Waals surface area contributed by atoms with E-state index >= 15 is 0 Å². The molecule has 0 bridgehead atoms. The minimum absolute atomic E-state index is 0.000000525. The van der Waals surface area contributed by atoms with Crippen LogP contribution in [0.3, 0.4) is 0 Å². The summed E-state index contributed by atoms with van der Waals surface area (Å²) < 4.78 is 0. The molecule has 2 aromatic rings. The molecule has 1 saturated heterocycles. The Morgan fingerprint density at radius 3 is 2.71 bits per heavy atom. The van der Waals surface area contributed by atoms with Gasteiger partial charge in [-0.25, -0.2) is 4.98 Å². The first-order valence-corrected chi connectivity index (χ1v) is 12.7. The first-order valence-electron chi connectivity index (χ1n) is 11.8. The van der Waals surface area contributed by atoms with Crippen molar-refractivity contribution in [2.75, 3.05) is 6.54 Å². The van der Waals surface area contributed by atoms with Gasteiger partial charge in [0.25, 0.3) is 5.91 Å². The first-order chi connectivity index (χ1) is 15.2. The zero-order valence-corrected chi connectivity index (χ0v) is 18.8. The van der Waals surface area contributed by atoms with Crippen LogP contribution in [-0.4, -0.2) is 40.3 Å². The molecule has 2 heterocycles. The van der Waals surface area contributed by atoms with Gasteiger partial charge in [-0.15, -0.1) is 11.3 Å². The molecule has 1 aliphatic heterocycles. The second-order valence-electron chi connectivity index (χ2n) is 9.17. The van der Waals surface area contributed by atoms with Crippen molar-refractivity contribution in [1.82, 2.24) is 15.2 Å². The molecule has 2 amide bonds. The van der Waals surface area contributed by atoms with Gasteiger partial charge in [0, 0.05) is 29.4 Å². The number of carbonyl (C=O) groups excluding carboxylic acids is 2. The van der Waals surface area contributed by atoms with Crippen molar-refractivity contribution in [3.63, 3.8) is 0 Å². The van der Waals surface area contributed by atoms with Crippen LogP contribution >= 0.6 is 11.3 Å². The second kappa shape index (κ2) is 9.11. The van der Waals surface area contributed by atoms with E-state index in [9.17, 15) is 9.59 Å². The molecule has 1 N–H and O–H groups in total. The molecule has 6 heteroatoms. The van der Waals surface area contributed by atoms with Gasteiger partial charge in [0.15, 0.2) is 0 Å². The lowest BCUT2D eigenvalue weighted by Gasteiger charge is -2.33. The standard InChI is InChI=1S/C25H31N3O2S/c29-24(26-15-14-23-27-19-11-5-7-13-22(19)31-23)21-16-18-10-4-6-12-20(18)28(21)25(30)17-8-2-1-3-9-17/h1-3,8-9,18,20-21H,4-7,10-16H2,(H,26,29). The third-order valence-electron chi connectivity index (χ3n) is 7.17. The number of aryl methyl sites for hydroxylation is 2. The molecule has 3 unspecified atom stereocenters. The Bertz CT molecular complexity index is 918. The van der Waals surface area contributed by atoms with Crippen LogP contribution in [0, 0.1) is 5.92 Å². The number of fused-ring (bicyclic) bond motifs is 2. The summed E-state index contributed by atoms with van der Waals surface area (Å²) in [6, 6.07) is 9.27. The molecule has 0 spiro atoms. The first kappa shape index (κ1) is 20.7. The van der Waals surface area contributed by atoms with Crippen LogP contribution in [0.5, 0.6) is 0 Å². The van der Waals surface area contributed by atoms with Crippen molar-refractivity contribution in [1.29, 1.82) is 0 Å². The van der Waals surface area contributed by atoms with Crippen LogP contribution in [-0.2, 0) is 24.1 Å². The van der Waals surface area contributed by atoms with E-state index in [-0.39, 0.29) is 23.9 Å². The summed E-state index contributed by atoms with van der Waals surface area (Å²) in [6.45, 7) is 0.588. The van der Waals surface area contributed by atoms with Gasteiger partial charge in [-0.05, 0) is 63.0 Å². The molecule has 1 aromatic heterocycles. The van der Waals surface area contributed by atoms with E-state index < -0.39 is 0 Å². The van der Waals surface area contributed by atoms with E-state index in [1.165, 1.54) is 29.8 Å². The zero-order valence-electron chi connectivity index (χ0n) is 18.0. The van der Waals surface area contributed by atoms with E-state index in [0.717, 1.165) is 50.0 Å². The fraction of sp³-hybridized carbons (Fsp3) is 0.560. The summed E-state index contributed by atoms with van der Waals surface area (Å²) in [4.78, 5) is 34.7. The number of nitrogens with one attached hydrogen (secondary N) is 1. The van der Waals surface area contributed by atoms with E-state index in [4.69, 9.17) is 4.98 Å². The average Bonchev–Trinajstić information content (AvgIpc) is 3.40. The third-order valence-corrected chi connectivity index (χ3v) is 8.39. The summed E-state index contributed by atoms with van der Waals surface area (Å²) in [6.07, 6.45) is 10.8. The fourth-order valence-electron chi connectivity index (χ4n) is 5.64. The normalized spacial score (nSPS) is 25.0. The highest BCUT2D eigenvalue weighted by Crippen LogP contribution is 2.40. The lowest BCUT2D eigenvalue weighted by Crippen LogP contribution is -2.49. The highest BCUT2D eigenvalue weighted by Gasteiger charge is 2.47. The lowest BCUT2D eigenvalue weighted by molar-refractivity contribution is -0.125. The van der Waals surface area contributed by atoms with Gasteiger partial charge in [0.05, 0.1) is 10.7 Å². The highest BCUT2D eigenvalue weighted by molar-refractivity contribution is 7.11. The Morgan fingerprint density at radius 2 is 1.87 bits per heavy atom. The van der Waals surface area contributed by atoms with Gasteiger partial charge >= 0.3 is 0 Å². The lowest BCUT2D eigenvalue weighted by atomic mass is 9.84. The van der Waals surface area contributed by atoms with Crippen LogP contribution < -0.4 is 5.32 Å². The van der Waals surface area contributed by atoms with Crippen molar-refractivity contribution in [3.05, 3.63) is 51.5 Å². The molecule has 164 valence electrons. The van der Waals surface area contributed by atoms with Crippen molar-refractivity contribution in [2.24, 2.45) is 5.92 Å². The Balaban J connectivity index is 1.26. The summed E-state index contributed by atoms with van der Waals surface area (Å²) in [5.74, 6) is 0.450. The number of aromatic nitrogens is 1. The number of rotatable bonds is 5. The summed E-state index contributed by atoms with van der Waals surface area (Å²) in [7, 11) is 0. The van der Waals surface area contributed by atoms with E-state index in [1.807, 2.05) is 46.6 Å². The number of amides is 2. The number of nitrogens with zero attached hydrogens (tertiary/aromatic N) is 2. The van der Waals surface area contributed by atoms with Gasteiger partial charge in [-0.2, -0.15) is 0 Å². The van der Waals surface area contributed by atoms with Crippen LogP contribution in [0.15, 0.2) is 30.3 Å². The van der Waals surface area contributed by atoms with Crippen molar-refractivity contribution >= 4 is 23.2 Å². The number of thiazole rings is 1. The molecule has 3 atom stereocenters. The van der Waals surface area contributed by atoms with E-state index in [0.29, 0.717) is 18.0 Å². The van der Waals surface area contributed by atoms with Gasteiger partial charge < -0.3 is 10.2 Å². The summed E-state index contributed by atoms with van der Waals surface area (Å²) in [5, 5.41) is 4.26. The molecule has 1 saturated carbocycles. The van der Waals surface area contributed by atoms with Gasteiger partial charge in [0.1, 0.15) is 6.04 Å². The zero-order chi connectivity index (χ0) is 21.2. The minimum Gasteiger partial charge on any atom is -0.354 e. The maximum atomic E-state index is 13.4. The smallest absolute Gasteiger partial charge is 0.254 e. The van der Waals surface area contributed by atoms with Crippen molar-refractivity contribution in [2.45, 2.75) is 76.3 Å². The number of carbonyl (C=O) groups is 2. The molecule has 2 aliphatic carbocycles. The summed E-state index contributed by atoms with van der Waals surface area (Å²) >= 11 is 1.81. The predicted molar refractivity (Wildman–Crippen MR) is 122 cm³/mol. The van der Waals surface area contributed by atoms with Crippen LogP contribution in [0.1, 0.15) is 70.9 Å². The molecule has 5 rings (SSSR count). The monoisotopic (exact) mass is 437 g/mol. The number of hydrogen-bond donors (Lipinski definition) is 1. The number of hydrogen-bond acceptors (Lipinski definition) is 4. The van der Waals surface area contributed by atoms with Crippen molar-refractivity contribution in [3.8, 4) is 0 Å². The fourth-order valence-corrected chi connectivity index (χ4v) is 6.80. The molecule has 2 fully saturated rings. The molecule has 3 aliphatic rings. The van der Waals surface area contributed by atoms with Crippen LogP contribution in [0.4, 0.5) is 0 Å². The SMILES string of the molecule is O=C(NCCc1nc2c(s1)CCCC2)C1CC2CCCCC2N1C(=O)c1ccccc1. The number of likely N-dealkylation sites (tertiary alicyclic amines) is 1. The average molecular weight is 438 g/mol. The quantitative estimate of drug-likeness (QED) is 0.764. The third kappa shape index (κ3) is 4.27. The molecular formula is C25H31N3O2S.